The van der Waals surface area contributed by atoms with E-state index in [2.05, 4.69) is 10.3 Å². The van der Waals surface area contributed by atoms with Gasteiger partial charge in [-0.25, -0.2) is 4.39 Å². The van der Waals surface area contributed by atoms with E-state index in [4.69, 9.17) is 4.42 Å². The number of pyridine rings is 1. The van der Waals surface area contributed by atoms with E-state index in [1.165, 1.54) is 12.1 Å². The highest BCUT2D eigenvalue weighted by atomic mass is 19.1. The van der Waals surface area contributed by atoms with E-state index in [0.29, 0.717) is 18.7 Å². The third kappa shape index (κ3) is 3.83. The molecule has 0 atom stereocenters. The molecule has 4 nitrogen and oxygen atoms in total. The van der Waals surface area contributed by atoms with Gasteiger partial charge >= 0.3 is 0 Å². The average Bonchev–Trinajstić information content (AvgIpc) is 3.06. The Morgan fingerprint density at radius 3 is 2.70 bits per heavy atom. The van der Waals surface area contributed by atoms with Crippen molar-refractivity contribution in [3.63, 3.8) is 0 Å². The second-order valence-electron chi connectivity index (χ2n) is 5.04. The Kier molecular flexibility index (Phi) is 4.47. The molecular formula is C18H15FN2O2. The van der Waals surface area contributed by atoms with Gasteiger partial charge in [0.25, 0.3) is 5.91 Å². The Morgan fingerprint density at radius 2 is 1.96 bits per heavy atom. The van der Waals surface area contributed by atoms with Crippen molar-refractivity contribution >= 4 is 5.91 Å². The number of carbonyl (C=O) groups excluding carboxylic acids is 1. The van der Waals surface area contributed by atoms with Crippen LogP contribution in [0.25, 0.3) is 11.3 Å². The van der Waals surface area contributed by atoms with Crippen LogP contribution in [-0.2, 0) is 6.42 Å². The molecule has 0 aliphatic rings. The van der Waals surface area contributed by atoms with Crippen LogP contribution in [0.3, 0.4) is 0 Å². The van der Waals surface area contributed by atoms with E-state index in [9.17, 15) is 9.18 Å². The molecule has 0 unspecified atom stereocenters. The fourth-order valence-electron chi connectivity index (χ4n) is 2.18. The zero-order chi connectivity index (χ0) is 16.1. The van der Waals surface area contributed by atoms with Gasteiger partial charge in [-0.15, -0.1) is 0 Å². The zero-order valence-corrected chi connectivity index (χ0v) is 12.3. The van der Waals surface area contributed by atoms with Crippen LogP contribution in [-0.4, -0.2) is 17.4 Å². The maximum absolute atomic E-state index is 12.9. The first-order valence-electron chi connectivity index (χ1n) is 7.25. The summed E-state index contributed by atoms with van der Waals surface area (Å²) in [7, 11) is 0. The Balaban J connectivity index is 1.59. The fraction of sp³-hybridized carbons (Fsp3) is 0.111. The predicted octanol–water partition coefficient (Wildman–Crippen LogP) is 3.45. The molecule has 0 aliphatic carbocycles. The van der Waals surface area contributed by atoms with Crippen molar-refractivity contribution in [1.82, 2.24) is 10.3 Å². The van der Waals surface area contributed by atoms with Gasteiger partial charge in [-0.1, -0.05) is 6.07 Å². The monoisotopic (exact) mass is 310 g/mol. The van der Waals surface area contributed by atoms with Crippen molar-refractivity contribution in [2.45, 2.75) is 6.42 Å². The van der Waals surface area contributed by atoms with Crippen LogP contribution in [0, 0.1) is 5.82 Å². The third-order valence-corrected chi connectivity index (χ3v) is 3.38. The first-order valence-corrected chi connectivity index (χ1v) is 7.25. The van der Waals surface area contributed by atoms with Gasteiger partial charge in [0.1, 0.15) is 11.6 Å². The Hall–Kier alpha value is -2.95. The Bertz CT molecular complexity index is 782. The number of nitrogens with zero attached hydrogens (tertiary/aromatic N) is 1. The minimum atomic E-state index is -0.311. The highest BCUT2D eigenvalue weighted by Crippen LogP contribution is 2.22. The summed E-state index contributed by atoms with van der Waals surface area (Å²) < 4.78 is 18.4. The molecule has 1 N–H and O–H groups in total. The molecule has 0 saturated heterocycles. The quantitative estimate of drug-likeness (QED) is 0.785. The van der Waals surface area contributed by atoms with Gasteiger partial charge in [-0.2, -0.15) is 0 Å². The summed E-state index contributed by atoms with van der Waals surface area (Å²) in [6, 6.07) is 13.0. The summed E-state index contributed by atoms with van der Waals surface area (Å²) in [5.41, 5.74) is 1.78. The summed E-state index contributed by atoms with van der Waals surface area (Å²) in [4.78, 5) is 16.1. The van der Waals surface area contributed by atoms with E-state index in [1.807, 2.05) is 12.1 Å². The van der Waals surface area contributed by atoms with Crippen molar-refractivity contribution in [1.29, 1.82) is 0 Å². The van der Waals surface area contributed by atoms with Crippen LogP contribution in [0.5, 0.6) is 0 Å². The number of aromatic nitrogens is 1. The van der Waals surface area contributed by atoms with Crippen LogP contribution in [0.1, 0.15) is 16.1 Å². The van der Waals surface area contributed by atoms with Crippen molar-refractivity contribution in [2.75, 3.05) is 6.54 Å². The number of halogens is 1. The summed E-state index contributed by atoms with van der Waals surface area (Å²) in [6.45, 7) is 0.497. The van der Waals surface area contributed by atoms with E-state index in [1.54, 1.807) is 36.7 Å². The number of furan rings is 1. The maximum atomic E-state index is 12.9. The van der Waals surface area contributed by atoms with Gasteiger partial charge in [-0.3, -0.25) is 9.78 Å². The van der Waals surface area contributed by atoms with Crippen LogP contribution in [0.15, 0.2) is 65.3 Å². The fourth-order valence-corrected chi connectivity index (χ4v) is 2.18. The smallest absolute Gasteiger partial charge is 0.287 e. The molecule has 23 heavy (non-hydrogen) atoms. The first kappa shape index (κ1) is 15.0. The van der Waals surface area contributed by atoms with Gasteiger partial charge in [-0.05, 0) is 54.4 Å². The van der Waals surface area contributed by atoms with Crippen LogP contribution in [0.2, 0.25) is 0 Å². The summed E-state index contributed by atoms with van der Waals surface area (Å²) in [6.07, 6.45) is 4.18. The summed E-state index contributed by atoms with van der Waals surface area (Å²) in [5, 5.41) is 2.80. The summed E-state index contributed by atoms with van der Waals surface area (Å²) in [5.74, 6) is 0.175. The van der Waals surface area contributed by atoms with Gasteiger partial charge in [0.05, 0.1) is 0 Å². The highest BCUT2D eigenvalue weighted by Gasteiger charge is 2.11. The topological polar surface area (TPSA) is 55.1 Å². The molecule has 0 aliphatic heterocycles. The molecule has 0 radical (unpaired) electrons. The minimum absolute atomic E-state index is 0.232. The van der Waals surface area contributed by atoms with Gasteiger partial charge < -0.3 is 9.73 Å². The predicted molar refractivity (Wildman–Crippen MR) is 84.4 cm³/mol. The lowest BCUT2D eigenvalue weighted by Crippen LogP contribution is -2.25. The molecule has 2 aromatic heterocycles. The number of benzene rings is 1. The number of nitrogens with one attached hydrogen (secondary N) is 1. The van der Waals surface area contributed by atoms with E-state index in [0.717, 1.165) is 11.1 Å². The molecule has 0 saturated carbocycles. The number of rotatable bonds is 5. The second kappa shape index (κ2) is 6.87. The lowest BCUT2D eigenvalue weighted by Gasteiger charge is -2.03. The molecule has 2 heterocycles. The normalized spacial score (nSPS) is 10.5. The SMILES string of the molecule is O=C(NCCc1cccnc1)c1ccc(-c2ccc(F)cc2)o1. The van der Waals surface area contributed by atoms with Gasteiger partial charge in [0, 0.05) is 24.5 Å². The second-order valence-corrected chi connectivity index (χ2v) is 5.04. The maximum Gasteiger partial charge on any atom is 0.287 e. The van der Waals surface area contributed by atoms with Gasteiger partial charge in [0.2, 0.25) is 0 Å². The van der Waals surface area contributed by atoms with Crippen molar-refractivity contribution in [3.05, 3.63) is 78.1 Å². The Labute approximate surface area is 133 Å². The number of carbonyl (C=O) groups is 1. The average molecular weight is 310 g/mol. The number of amides is 1. The number of hydrogen-bond donors (Lipinski definition) is 1. The molecule has 0 spiro atoms. The van der Waals surface area contributed by atoms with Crippen LogP contribution in [0.4, 0.5) is 4.39 Å². The third-order valence-electron chi connectivity index (χ3n) is 3.38. The molecule has 116 valence electrons. The molecule has 1 aromatic carbocycles. The molecule has 1 amide bonds. The first-order chi connectivity index (χ1) is 11.2. The lowest BCUT2D eigenvalue weighted by atomic mass is 10.2. The van der Waals surface area contributed by atoms with E-state index >= 15 is 0 Å². The van der Waals surface area contributed by atoms with Crippen molar-refractivity contribution in [3.8, 4) is 11.3 Å². The molecular weight excluding hydrogens is 295 g/mol. The summed E-state index contributed by atoms with van der Waals surface area (Å²) >= 11 is 0. The molecule has 3 rings (SSSR count). The van der Waals surface area contributed by atoms with Crippen LogP contribution >= 0.6 is 0 Å². The van der Waals surface area contributed by atoms with E-state index in [-0.39, 0.29) is 17.5 Å². The van der Waals surface area contributed by atoms with Crippen molar-refractivity contribution < 1.29 is 13.6 Å². The highest BCUT2D eigenvalue weighted by molar-refractivity contribution is 5.92. The molecule has 3 aromatic rings. The molecule has 0 fully saturated rings. The van der Waals surface area contributed by atoms with E-state index < -0.39 is 0 Å². The van der Waals surface area contributed by atoms with Crippen molar-refractivity contribution in [2.24, 2.45) is 0 Å². The largest absolute Gasteiger partial charge is 0.451 e. The number of hydrogen-bond acceptors (Lipinski definition) is 3. The minimum Gasteiger partial charge on any atom is -0.451 e. The Morgan fingerprint density at radius 1 is 1.13 bits per heavy atom. The molecule has 5 heteroatoms. The lowest BCUT2D eigenvalue weighted by molar-refractivity contribution is 0.0927. The van der Waals surface area contributed by atoms with Crippen LogP contribution < -0.4 is 5.32 Å². The van der Waals surface area contributed by atoms with Gasteiger partial charge in [0.15, 0.2) is 5.76 Å². The standard InChI is InChI=1S/C18H15FN2O2/c19-15-5-3-14(4-6-15)16-7-8-17(23-16)18(22)21-11-9-13-2-1-10-20-12-13/h1-8,10,12H,9,11H2,(H,21,22). The molecule has 0 bridgehead atoms. The zero-order valence-electron chi connectivity index (χ0n) is 12.3.